The number of nitrogen functional groups attached to an aromatic ring is 1. The highest BCUT2D eigenvalue weighted by atomic mass is 32.2. The molecule has 0 aliphatic heterocycles. The minimum Gasteiger partial charge on any atom is -0.496 e. The van der Waals surface area contributed by atoms with E-state index in [1.807, 2.05) is 18.2 Å². The molecule has 2 N–H and O–H groups in total. The molecule has 100 valence electrons. The van der Waals surface area contributed by atoms with Gasteiger partial charge >= 0.3 is 0 Å². The Balaban J connectivity index is 1.99. The summed E-state index contributed by atoms with van der Waals surface area (Å²) in [6.07, 6.45) is 5.06. The second kappa shape index (κ2) is 6.23. The molecular weight excluding hydrogens is 246 g/mol. The molecule has 18 heavy (non-hydrogen) atoms. The van der Waals surface area contributed by atoms with E-state index in [4.69, 9.17) is 10.5 Å². The van der Waals surface area contributed by atoms with Crippen molar-refractivity contribution >= 4 is 16.5 Å². The summed E-state index contributed by atoms with van der Waals surface area (Å²) in [6, 6.07) is 5.52. The molecule has 2 rings (SSSR count). The predicted molar refractivity (Wildman–Crippen MR) is 76.1 cm³/mol. The summed E-state index contributed by atoms with van der Waals surface area (Å²) in [5, 5.41) is 0. The van der Waals surface area contributed by atoms with Crippen LogP contribution < -0.4 is 10.5 Å². The summed E-state index contributed by atoms with van der Waals surface area (Å²) in [7, 11) is 0.817. The van der Waals surface area contributed by atoms with E-state index >= 15 is 0 Å². The first kappa shape index (κ1) is 13.4. The number of benzene rings is 1. The van der Waals surface area contributed by atoms with Gasteiger partial charge in [-0.25, -0.2) is 0 Å². The van der Waals surface area contributed by atoms with E-state index in [0.29, 0.717) is 17.4 Å². The van der Waals surface area contributed by atoms with Crippen LogP contribution in [-0.4, -0.2) is 17.1 Å². The van der Waals surface area contributed by atoms with Gasteiger partial charge in [0.15, 0.2) is 0 Å². The molecular formula is C14H21NO2S. The Hall–Kier alpha value is -1.03. The van der Waals surface area contributed by atoms with Gasteiger partial charge in [-0.2, -0.15) is 0 Å². The highest BCUT2D eigenvalue weighted by Gasteiger charge is 2.18. The number of ether oxygens (including phenoxy) is 1. The van der Waals surface area contributed by atoms with Gasteiger partial charge in [-0.3, -0.25) is 4.21 Å². The molecule has 1 aromatic carbocycles. The third-order valence-electron chi connectivity index (χ3n) is 3.52. The molecule has 0 bridgehead atoms. The minimum absolute atomic E-state index is 0.546. The molecule has 4 heteroatoms. The first-order valence-corrected chi connectivity index (χ1v) is 7.95. The van der Waals surface area contributed by atoms with Crippen LogP contribution in [0.3, 0.4) is 0 Å². The average Bonchev–Trinajstić information content (AvgIpc) is 2.82. The van der Waals surface area contributed by atoms with E-state index in [2.05, 4.69) is 0 Å². The van der Waals surface area contributed by atoms with Crippen LogP contribution in [0.25, 0.3) is 0 Å². The van der Waals surface area contributed by atoms with Crippen molar-refractivity contribution in [1.29, 1.82) is 0 Å². The van der Waals surface area contributed by atoms with E-state index in [1.54, 1.807) is 7.11 Å². The first-order valence-electron chi connectivity index (χ1n) is 6.46. The zero-order valence-corrected chi connectivity index (χ0v) is 11.7. The lowest BCUT2D eigenvalue weighted by Gasteiger charge is -2.11. The van der Waals surface area contributed by atoms with Crippen molar-refractivity contribution < 1.29 is 8.95 Å². The fraction of sp³-hybridized carbons (Fsp3) is 0.571. The van der Waals surface area contributed by atoms with Crippen LogP contribution in [0.2, 0.25) is 0 Å². The highest BCUT2D eigenvalue weighted by Crippen LogP contribution is 2.27. The quantitative estimate of drug-likeness (QED) is 0.835. The minimum atomic E-state index is -0.817. The van der Waals surface area contributed by atoms with Gasteiger partial charge in [-0.15, -0.1) is 0 Å². The summed E-state index contributed by atoms with van der Waals surface area (Å²) in [4.78, 5) is 0. The van der Waals surface area contributed by atoms with E-state index in [9.17, 15) is 4.21 Å². The van der Waals surface area contributed by atoms with E-state index in [0.717, 1.165) is 17.1 Å². The van der Waals surface area contributed by atoms with Gasteiger partial charge in [0.25, 0.3) is 0 Å². The van der Waals surface area contributed by atoms with Crippen molar-refractivity contribution in [2.45, 2.75) is 31.4 Å². The largest absolute Gasteiger partial charge is 0.496 e. The Bertz CT molecular complexity index is 428. The van der Waals surface area contributed by atoms with Crippen molar-refractivity contribution in [2.75, 3.05) is 18.6 Å². The summed E-state index contributed by atoms with van der Waals surface area (Å²) >= 11 is 0. The van der Waals surface area contributed by atoms with Crippen LogP contribution in [0.15, 0.2) is 18.2 Å². The van der Waals surface area contributed by atoms with Gasteiger partial charge in [0.1, 0.15) is 5.75 Å². The highest BCUT2D eigenvalue weighted by molar-refractivity contribution is 7.84. The van der Waals surface area contributed by atoms with Crippen LogP contribution in [0.5, 0.6) is 5.75 Å². The second-order valence-electron chi connectivity index (χ2n) is 4.97. The first-order chi connectivity index (χ1) is 8.69. The maximum Gasteiger partial charge on any atom is 0.123 e. The Morgan fingerprint density at radius 1 is 1.39 bits per heavy atom. The van der Waals surface area contributed by atoms with Crippen LogP contribution in [0.1, 0.15) is 31.2 Å². The predicted octanol–water partition coefficient (Wildman–Crippen LogP) is 2.72. The molecule has 1 unspecified atom stereocenters. The lowest BCUT2D eigenvalue weighted by atomic mass is 10.1. The fourth-order valence-corrected chi connectivity index (χ4v) is 4.13. The Labute approximate surface area is 111 Å². The molecule has 1 atom stereocenters. The Morgan fingerprint density at radius 3 is 2.78 bits per heavy atom. The molecule has 1 saturated carbocycles. The van der Waals surface area contributed by atoms with Gasteiger partial charge in [0, 0.05) is 27.8 Å². The van der Waals surface area contributed by atoms with Crippen molar-refractivity contribution in [3.63, 3.8) is 0 Å². The van der Waals surface area contributed by atoms with Crippen molar-refractivity contribution in [3.8, 4) is 5.75 Å². The third kappa shape index (κ3) is 3.48. The van der Waals surface area contributed by atoms with Crippen LogP contribution in [0.4, 0.5) is 5.69 Å². The van der Waals surface area contributed by atoms with Gasteiger partial charge < -0.3 is 10.5 Å². The molecule has 0 saturated heterocycles. The average molecular weight is 267 g/mol. The fourth-order valence-electron chi connectivity index (χ4n) is 2.58. The number of anilines is 1. The van der Waals surface area contributed by atoms with Gasteiger partial charge in [-0.1, -0.05) is 12.8 Å². The maximum atomic E-state index is 12.2. The molecule has 1 aliphatic carbocycles. The number of hydrogen-bond donors (Lipinski definition) is 1. The molecule has 1 fully saturated rings. The summed E-state index contributed by atoms with van der Waals surface area (Å²) < 4.78 is 17.4. The molecule has 3 nitrogen and oxygen atoms in total. The van der Waals surface area contributed by atoms with Crippen LogP contribution in [0, 0.1) is 5.92 Å². The summed E-state index contributed by atoms with van der Waals surface area (Å²) in [5.74, 6) is 2.80. The Morgan fingerprint density at radius 2 is 2.11 bits per heavy atom. The van der Waals surface area contributed by atoms with E-state index in [1.165, 1.54) is 25.7 Å². The van der Waals surface area contributed by atoms with Gasteiger partial charge in [0.2, 0.25) is 0 Å². The number of rotatable bonds is 5. The zero-order valence-electron chi connectivity index (χ0n) is 10.9. The maximum absolute atomic E-state index is 12.2. The molecule has 0 heterocycles. The van der Waals surface area contributed by atoms with E-state index in [-0.39, 0.29) is 0 Å². The number of methoxy groups -OCH3 is 1. The number of hydrogen-bond acceptors (Lipinski definition) is 3. The zero-order chi connectivity index (χ0) is 13.0. The molecule has 0 spiro atoms. The molecule has 0 amide bonds. The lowest BCUT2D eigenvalue weighted by Crippen LogP contribution is -2.10. The smallest absolute Gasteiger partial charge is 0.123 e. The monoisotopic (exact) mass is 267 g/mol. The molecule has 0 aromatic heterocycles. The third-order valence-corrected chi connectivity index (χ3v) is 4.99. The SMILES string of the molecule is COc1ccc(N)cc1CS(=O)CC1CCCC1. The molecule has 0 radical (unpaired) electrons. The number of nitrogens with two attached hydrogens (primary N) is 1. The van der Waals surface area contributed by atoms with Crippen molar-refractivity contribution in [3.05, 3.63) is 23.8 Å². The van der Waals surface area contributed by atoms with Crippen LogP contribution >= 0.6 is 0 Å². The topological polar surface area (TPSA) is 52.3 Å². The summed E-state index contributed by atoms with van der Waals surface area (Å²) in [6.45, 7) is 0. The lowest BCUT2D eigenvalue weighted by molar-refractivity contribution is 0.411. The van der Waals surface area contributed by atoms with E-state index < -0.39 is 10.8 Å². The van der Waals surface area contributed by atoms with Crippen LogP contribution in [-0.2, 0) is 16.6 Å². The molecule has 1 aromatic rings. The van der Waals surface area contributed by atoms with Gasteiger partial charge in [-0.05, 0) is 37.0 Å². The van der Waals surface area contributed by atoms with Crippen molar-refractivity contribution in [1.82, 2.24) is 0 Å². The molecule has 1 aliphatic rings. The summed E-state index contributed by atoms with van der Waals surface area (Å²) in [5.41, 5.74) is 7.42. The Kier molecular flexibility index (Phi) is 4.64. The standard InChI is InChI=1S/C14H21NO2S/c1-17-14-7-6-13(15)8-12(14)10-18(16)9-11-4-2-3-5-11/h6-8,11H,2-5,9-10,15H2,1H3. The normalized spacial score (nSPS) is 17.8. The van der Waals surface area contributed by atoms with Crippen molar-refractivity contribution in [2.24, 2.45) is 5.92 Å². The second-order valence-corrected chi connectivity index (χ2v) is 6.47. The van der Waals surface area contributed by atoms with Gasteiger partial charge in [0.05, 0.1) is 12.9 Å².